The van der Waals surface area contributed by atoms with Crippen molar-refractivity contribution in [3.05, 3.63) is 38.5 Å². The lowest BCUT2D eigenvalue weighted by atomic mass is 10.1. The van der Waals surface area contributed by atoms with Gasteiger partial charge in [-0.15, -0.1) is 0 Å². The van der Waals surface area contributed by atoms with Crippen molar-refractivity contribution >= 4 is 23.2 Å². The van der Waals surface area contributed by atoms with Crippen molar-refractivity contribution in [1.82, 2.24) is 9.36 Å². The van der Waals surface area contributed by atoms with Gasteiger partial charge in [-0.1, -0.05) is 23.2 Å². The van der Waals surface area contributed by atoms with Crippen LogP contribution in [0.2, 0.25) is 10.2 Å². The molecule has 1 aromatic heterocycles. The molecule has 0 unspecified atom stereocenters. The summed E-state index contributed by atoms with van der Waals surface area (Å²) in [5, 5.41) is -0.245. The highest BCUT2D eigenvalue weighted by Gasteiger charge is 2.25. The molecule has 0 aliphatic carbocycles. The Morgan fingerprint density at radius 2 is 1.78 bits per heavy atom. The molecule has 0 bridgehead atoms. The highest BCUT2D eigenvalue weighted by molar-refractivity contribution is 6.33. The predicted octanol–water partition coefficient (Wildman–Crippen LogP) is 4.16. The first-order chi connectivity index (χ1) is 10.9. The van der Waals surface area contributed by atoms with Gasteiger partial charge < -0.3 is 4.74 Å². The minimum Gasteiger partial charge on any atom is -0.433 e. The quantitative estimate of drug-likeness (QED) is 0.817. The molecule has 23 heavy (non-hydrogen) atoms. The van der Waals surface area contributed by atoms with Gasteiger partial charge in [0.15, 0.2) is 0 Å². The van der Waals surface area contributed by atoms with E-state index in [0.29, 0.717) is 13.1 Å². The lowest BCUT2D eigenvalue weighted by Crippen LogP contribution is -2.27. The fourth-order valence-electron chi connectivity index (χ4n) is 2.66. The molecule has 2 heterocycles. The number of rotatable bonds is 3. The topological polar surface area (TPSA) is 36.2 Å². The number of alkyl halides is 2. The lowest BCUT2D eigenvalue weighted by molar-refractivity contribution is -0.0497. The minimum absolute atomic E-state index is 0.0684. The first kappa shape index (κ1) is 16.3. The summed E-state index contributed by atoms with van der Waals surface area (Å²) in [7, 11) is 0. The van der Waals surface area contributed by atoms with E-state index in [1.165, 1.54) is 4.68 Å². The monoisotopic (exact) mass is 366 g/mol. The highest BCUT2D eigenvalue weighted by atomic mass is 35.5. The maximum absolute atomic E-state index is 14.2. The summed E-state index contributed by atoms with van der Waals surface area (Å²) in [6.45, 7) is -2.12. The number of hydrogen-bond acceptors (Lipinski definition) is 2. The summed E-state index contributed by atoms with van der Waals surface area (Å²) in [5.41, 5.74) is -0.768. The fourth-order valence-corrected chi connectivity index (χ4v) is 3.21. The summed E-state index contributed by atoms with van der Waals surface area (Å²) in [6, 6.07) is 1.80. The van der Waals surface area contributed by atoms with Crippen LogP contribution < -0.4 is 10.3 Å². The maximum atomic E-state index is 14.2. The van der Waals surface area contributed by atoms with Crippen molar-refractivity contribution in [3.8, 4) is 16.9 Å². The van der Waals surface area contributed by atoms with Gasteiger partial charge in [-0.05, 0) is 25.0 Å². The van der Waals surface area contributed by atoms with E-state index in [2.05, 4.69) is 4.74 Å². The Morgan fingerprint density at radius 3 is 2.39 bits per heavy atom. The van der Waals surface area contributed by atoms with Gasteiger partial charge in [0.05, 0.1) is 10.6 Å². The van der Waals surface area contributed by atoms with Crippen LogP contribution in [0.25, 0.3) is 11.1 Å². The Balaban J connectivity index is 2.19. The van der Waals surface area contributed by atoms with Crippen LogP contribution in [0.4, 0.5) is 13.2 Å². The number of ether oxygens (including phenoxy) is 1. The molecule has 0 spiro atoms. The summed E-state index contributed by atoms with van der Waals surface area (Å²) in [6.07, 6.45) is 1.65. The number of hydrogen-bond donors (Lipinski definition) is 0. The van der Waals surface area contributed by atoms with E-state index in [4.69, 9.17) is 23.2 Å². The second kappa shape index (κ2) is 6.13. The molecule has 0 saturated heterocycles. The molecule has 0 N–H and O–H groups in total. The highest BCUT2D eigenvalue weighted by Crippen LogP contribution is 2.36. The van der Waals surface area contributed by atoms with Gasteiger partial charge in [0.2, 0.25) is 0 Å². The van der Waals surface area contributed by atoms with Crippen LogP contribution in [0.15, 0.2) is 16.9 Å². The number of fused-ring (bicyclic) bond motifs is 1. The van der Waals surface area contributed by atoms with Crippen LogP contribution >= 0.6 is 23.2 Å². The first-order valence-corrected chi connectivity index (χ1v) is 7.59. The number of benzene rings is 1. The molecule has 4 nitrogen and oxygen atoms in total. The Kier molecular flexibility index (Phi) is 4.33. The predicted molar refractivity (Wildman–Crippen MR) is 80.0 cm³/mol. The van der Waals surface area contributed by atoms with E-state index in [0.717, 1.165) is 25.0 Å². The number of nitrogens with zero attached hydrogens (tertiary/aromatic N) is 2. The van der Waals surface area contributed by atoms with Gasteiger partial charge in [0.25, 0.3) is 5.56 Å². The summed E-state index contributed by atoms with van der Waals surface area (Å²) >= 11 is 11.9. The maximum Gasteiger partial charge on any atom is 0.387 e. The molecule has 0 fully saturated rings. The molecule has 0 saturated carbocycles. The van der Waals surface area contributed by atoms with Crippen LogP contribution in [0, 0.1) is 5.82 Å². The molecule has 1 aliphatic rings. The second-order valence-electron chi connectivity index (χ2n) is 5.07. The van der Waals surface area contributed by atoms with E-state index < -0.39 is 23.7 Å². The smallest absolute Gasteiger partial charge is 0.387 e. The average Bonchev–Trinajstić information content (AvgIpc) is 2.74. The zero-order valence-corrected chi connectivity index (χ0v) is 13.2. The van der Waals surface area contributed by atoms with Gasteiger partial charge >= 0.3 is 6.61 Å². The van der Waals surface area contributed by atoms with E-state index in [9.17, 15) is 18.0 Å². The van der Waals surface area contributed by atoms with Crippen molar-refractivity contribution in [1.29, 1.82) is 0 Å². The van der Waals surface area contributed by atoms with E-state index in [-0.39, 0.29) is 21.3 Å². The van der Waals surface area contributed by atoms with Gasteiger partial charge in [-0.25, -0.2) is 9.07 Å². The zero-order valence-electron chi connectivity index (χ0n) is 11.7. The molecule has 1 aliphatic heterocycles. The van der Waals surface area contributed by atoms with Crippen LogP contribution in [0.5, 0.6) is 5.75 Å². The van der Waals surface area contributed by atoms with E-state index >= 15 is 0 Å². The standard InChI is InChI=1S/C14H11Cl2F3N2O2/c15-8-6-9(17)7(5-10(8)23-14(18)19)11-12(16)20-3-1-2-4-21(20)13(11)22/h5-6,14H,1-4H2. The number of aromatic nitrogens is 2. The van der Waals surface area contributed by atoms with Crippen molar-refractivity contribution < 1.29 is 17.9 Å². The molecular weight excluding hydrogens is 356 g/mol. The number of halogens is 5. The third kappa shape index (κ3) is 2.83. The Bertz CT molecular complexity index is 817. The molecule has 0 radical (unpaired) electrons. The van der Waals surface area contributed by atoms with E-state index in [1.807, 2.05) is 0 Å². The van der Waals surface area contributed by atoms with Crippen molar-refractivity contribution in [3.63, 3.8) is 0 Å². The summed E-state index contributed by atoms with van der Waals surface area (Å²) in [4.78, 5) is 12.5. The minimum atomic E-state index is -3.12. The Labute approximate surface area is 139 Å². The molecule has 3 rings (SSSR count). The Hall–Kier alpha value is -1.60. The van der Waals surface area contributed by atoms with Crippen molar-refractivity contribution in [2.75, 3.05) is 0 Å². The average molecular weight is 367 g/mol. The van der Waals surface area contributed by atoms with Crippen LogP contribution in [-0.4, -0.2) is 16.0 Å². The van der Waals surface area contributed by atoms with Gasteiger partial charge in [-0.2, -0.15) is 8.78 Å². The van der Waals surface area contributed by atoms with Crippen molar-refractivity contribution in [2.24, 2.45) is 0 Å². The van der Waals surface area contributed by atoms with Gasteiger partial charge in [-0.3, -0.25) is 9.48 Å². The second-order valence-corrected chi connectivity index (χ2v) is 5.83. The van der Waals surface area contributed by atoms with Gasteiger partial charge in [0.1, 0.15) is 16.7 Å². The van der Waals surface area contributed by atoms with Crippen LogP contribution in [-0.2, 0) is 13.1 Å². The zero-order chi connectivity index (χ0) is 16.7. The third-order valence-electron chi connectivity index (χ3n) is 3.67. The van der Waals surface area contributed by atoms with Crippen LogP contribution in [0.1, 0.15) is 12.8 Å². The third-order valence-corrected chi connectivity index (χ3v) is 4.35. The normalized spacial score (nSPS) is 14.2. The van der Waals surface area contributed by atoms with Crippen molar-refractivity contribution in [2.45, 2.75) is 32.5 Å². The lowest BCUT2D eigenvalue weighted by Gasteiger charge is -2.17. The largest absolute Gasteiger partial charge is 0.433 e. The molecule has 0 atom stereocenters. The fraction of sp³-hybridized carbons (Fsp3) is 0.357. The Morgan fingerprint density at radius 1 is 1.13 bits per heavy atom. The SMILES string of the molecule is O=c1c(-c2cc(OC(F)F)c(Cl)cc2F)c(Cl)n2n1CCCC2. The van der Waals surface area contributed by atoms with E-state index in [1.54, 1.807) is 4.68 Å². The molecule has 2 aromatic rings. The molecule has 0 amide bonds. The molecule has 9 heteroatoms. The first-order valence-electron chi connectivity index (χ1n) is 6.83. The molecular formula is C14H11Cl2F3N2O2. The molecule has 124 valence electrons. The summed E-state index contributed by atoms with van der Waals surface area (Å²) in [5.74, 6) is -1.25. The van der Waals surface area contributed by atoms with Crippen LogP contribution in [0.3, 0.4) is 0 Å². The van der Waals surface area contributed by atoms with Gasteiger partial charge in [0, 0.05) is 18.7 Å². The summed E-state index contributed by atoms with van der Waals surface area (Å²) < 4.78 is 46.3. The molecule has 1 aromatic carbocycles.